The number of hydrogen-bond acceptors (Lipinski definition) is 2. The first-order chi connectivity index (χ1) is 4.59. The average Bonchev–Trinajstić information content (AvgIpc) is 1.87. The summed E-state index contributed by atoms with van der Waals surface area (Å²) in [6.45, 7) is 6.75. The molecule has 0 amide bonds. The first-order valence-corrected chi connectivity index (χ1v) is 3.92. The molecule has 0 aliphatic carbocycles. The third kappa shape index (κ3) is 3.18. The molecule has 62 valence electrons. The molecule has 0 aliphatic heterocycles. The van der Waals surface area contributed by atoms with Crippen molar-refractivity contribution in [3.63, 3.8) is 0 Å². The molecule has 1 unspecified atom stereocenters. The van der Waals surface area contributed by atoms with Crippen molar-refractivity contribution in [2.75, 3.05) is 13.7 Å². The summed E-state index contributed by atoms with van der Waals surface area (Å²) in [6.07, 6.45) is 0.870. The fraction of sp³-hybridized carbons (Fsp3) is 1.00. The minimum Gasteiger partial charge on any atom is -0.396 e. The van der Waals surface area contributed by atoms with Crippen LogP contribution in [0.15, 0.2) is 0 Å². The van der Waals surface area contributed by atoms with E-state index in [9.17, 15) is 0 Å². The standard InChI is InChI=1S/C8H19NO/c1-7(2)9(4)8(3)5-6-10/h7-8,10H,5-6H2,1-4H3. The number of aliphatic hydroxyl groups is 1. The van der Waals surface area contributed by atoms with Crippen molar-refractivity contribution >= 4 is 0 Å². The van der Waals surface area contributed by atoms with Crippen LogP contribution < -0.4 is 0 Å². The van der Waals surface area contributed by atoms with Crippen molar-refractivity contribution < 1.29 is 5.11 Å². The average molecular weight is 145 g/mol. The van der Waals surface area contributed by atoms with E-state index in [4.69, 9.17) is 5.11 Å². The minimum atomic E-state index is 0.290. The molecule has 0 spiro atoms. The number of rotatable bonds is 4. The van der Waals surface area contributed by atoms with Gasteiger partial charge in [-0.1, -0.05) is 0 Å². The van der Waals surface area contributed by atoms with E-state index in [-0.39, 0.29) is 6.61 Å². The summed E-state index contributed by atoms with van der Waals surface area (Å²) in [6, 6.07) is 1.06. The Balaban J connectivity index is 3.58. The van der Waals surface area contributed by atoms with Crippen molar-refractivity contribution in [1.82, 2.24) is 4.90 Å². The zero-order valence-electron chi connectivity index (χ0n) is 7.46. The lowest BCUT2D eigenvalue weighted by molar-refractivity contribution is 0.167. The molecule has 0 bridgehead atoms. The molecule has 0 saturated heterocycles. The Morgan fingerprint density at radius 3 is 2.10 bits per heavy atom. The van der Waals surface area contributed by atoms with E-state index in [1.54, 1.807) is 0 Å². The predicted molar refractivity (Wildman–Crippen MR) is 44.1 cm³/mol. The Bertz CT molecular complexity index is 83.3. The Morgan fingerprint density at radius 2 is 1.80 bits per heavy atom. The highest BCUT2D eigenvalue weighted by Crippen LogP contribution is 2.04. The highest BCUT2D eigenvalue weighted by atomic mass is 16.3. The van der Waals surface area contributed by atoms with Gasteiger partial charge in [0.05, 0.1) is 0 Å². The first-order valence-electron chi connectivity index (χ1n) is 3.92. The van der Waals surface area contributed by atoms with Gasteiger partial charge in [-0.2, -0.15) is 0 Å². The van der Waals surface area contributed by atoms with Crippen LogP contribution in [-0.4, -0.2) is 35.7 Å². The molecular weight excluding hydrogens is 126 g/mol. The molecule has 1 N–H and O–H groups in total. The molecule has 0 aromatic heterocycles. The topological polar surface area (TPSA) is 23.5 Å². The number of hydrogen-bond donors (Lipinski definition) is 1. The van der Waals surface area contributed by atoms with Crippen molar-refractivity contribution in [2.24, 2.45) is 0 Å². The van der Waals surface area contributed by atoms with Crippen LogP contribution in [0.2, 0.25) is 0 Å². The summed E-state index contributed by atoms with van der Waals surface area (Å²) < 4.78 is 0. The van der Waals surface area contributed by atoms with Crippen LogP contribution in [0.3, 0.4) is 0 Å². The van der Waals surface area contributed by atoms with Gasteiger partial charge in [0.25, 0.3) is 0 Å². The smallest absolute Gasteiger partial charge is 0.0445 e. The van der Waals surface area contributed by atoms with Crippen molar-refractivity contribution in [3.8, 4) is 0 Å². The van der Waals surface area contributed by atoms with E-state index in [0.29, 0.717) is 12.1 Å². The van der Waals surface area contributed by atoms with Gasteiger partial charge in [-0.25, -0.2) is 0 Å². The van der Waals surface area contributed by atoms with E-state index in [0.717, 1.165) is 6.42 Å². The van der Waals surface area contributed by atoms with Crippen LogP contribution in [0.25, 0.3) is 0 Å². The van der Waals surface area contributed by atoms with Gasteiger partial charge in [0.2, 0.25) is 0 Å². The molecule has 2 heteroatoms. The van der Waals surface area contributed by atoms with Crippen LogP contribution in [-0.2, 0) is 0 Å². The van der Waals surface area contributed by atoms with Gasteiger partial charge < -0.3 is 10.0 Å². The Morgan fingerprint density at radius 1 is 1.30 bits per heavy atom. The summed E-state index contributed by atoms with van der Waals surface area (Å²) in [5.74, 6) is 0. The molecule has 0 aromatic rings. The Kier molecular flexibility index (Phi) is 4.65. The summed E-state index contributed by atoms with van der Waals surface area (Å²) in [4.78, 5) is 2.26. The van der Waals surface area contributed by atoms with Crippen LogP contribution in [0.5, 0.6) is 0 Å². The zero-order chi connectivity index (χ0) is 8.15. The summed E-state index contributed by atoms with van der Waals surface area (Å²) in [5, 5.41) is 8.64. The van der Waals surface area contributed by atoms with E-state index < -0.39 is 0 Å². The normalized spacial score (nSPS) is 14.7. The second-order valence-electron chi connectivity index (χ2n) is 3.12. The fourth-order valence-electron chi connectivity index (χ4n) is 0.899. The maximum absolute atomic E-state index is 8.64. The Labute approximate surface area is 63.8 Å². The number of aliphatic hydroxyl groups excluding tert-OH is 1. The monoisotopic (exact) mass is 145 g/mol. The van der Waals surface area contributed by atoms with Crippen LogP contribution in [0.1, 0.15) is 27.2 Å². The summed E-state index contributed by atoms with van der Waals surface area (Å²) in [7, 11) is 2.09. The second-order valence-corrected chi connectivity index (χ2v) is 3.12. The van der Waals surface area contributed by atoms with Gasteiger partial charge in [0.1, 0.15) is 0 Å². The molecule has 10 heavy (non-hydrogen) atoms. The molecule has 0 fully saturated rings. The van der Waals surface area contributed by atoms with Gasteiger partial charge in [-0.05, 0) is 34.2 Å². The maximum atomic E-state index is 8.64. The van der Waals surface area contributed by atoms with E-state index in [2.05, 4.69) is 32.7 Å². The highest BCUT2D eigenvalue weighted by Gasteiger charge is 2.10. The Hall–Kier alpha value is -0.0800. The molecule has 0 heterocycles. The first kappa shape index (κ1) is 9.92. The SMILES string of the molecule is CC(C)N(C)C(C)CCO. The van der Waals surface area contributed by atoms with Crippen molar-refractivity contribution in [1.29, 1.82) is 0 Å². The van der Waals surface area contributed by atoms with E-state index in [1.165, 1.54) is 0 Å². The molecule has 0 rings (SSSR count). The lowest BCUT2D eigenvalue weighted by atomic mass is 10.2. The van der Waals surface area contributed by atoms with Gasteiger partial charge in [-0.3, -0.25) is 0 Å². The van der Waals surface area contributed by atoms with E-state index in [1.807, 2.05) is 0 Å². The molecule has 1 atom stereocenters. The maximum Gasteiger partial charge on any atom is 0.0445 e. The van der Waals surface area contributed by atoms with E-state index >= 15 is 0 Å². The molecule has 0 aliphatic rings. The molecular formula is C8H19NO. The highest BCUT2D eigenvalue weighted by molar-refractivity contribution is 4.65. The van der Waals surface area contributed by atoms with Crippen LogP contribution in [0.4, 0.5) is 0 Å². The fourth-order valence-corrected chi connectivity index (χ4v) is 0.899. The van der Waals surface area contributed by atoms with Crippen molar-refractivity contribution in [3.05, 3.63) is 0 Å². The zero-order valence-corrected chi connectivity index (χ0v) is 7.46. The molecule has 0 saturated carbocycles. The van der Waals surface area contributed by atoms with Crippen molar-refractivity contribution in [2.45, 2.75) is 39.3 Å². The second kappa shape index (κ2) is 4.69. The minimum absolute atomic E-state index is 0.290. The third-order valence-electron chi connectivity index (χ3n) is 2.06. The largest absolute Gasteiger partial charge is 0.396 e. The third-order valence-corrected chi connectivity index (χ3v) is 2.06. The lowest BCUT2D eigenvalue weighted by Gasteiger charge is -2.27. The summed E-state index contributed by atoms with van der Waals surface area (Å²) in [5.41, 5.74) is 0. The lowest BCUT2D eigenvalue weighted by Crippen LogP contribution is -2.35. The quantitative estimate of drug-likeness (QED) is 0.640. The molecule has 2 nitrogen and oxygen atoms in total. The predicted octanol–water partition coefficient (Wildman–Crippen LogP) is 1.10. The van der Waals surface area contributed by atoms with Crippen LogP contribution >= 0.6 is 0 Å². The summed E-state index contributed by atoms with van der Waals surface area (Å²) >= 11 is 0. The van der Waals surface area contributed by atoms with Gasteiger partial charge in [0.15, 0.2) is 0 Å². The molecule has 0 aromatic carbocycles. The molecule has 0 radical (unpaired) electrons. The van der Waals surface area contributed by atoms with Gasteiger partial charge in [0, 0.05) is 18.7 Å². The van der Waals surface area contributed by atoms with Crippen LogP contribution in [0, 0.1) is 0 Å². The number of nitrogens with zero attached hydrogens (tertiary/aromatic N) is 1. The van der Waals surface area contributed by atoms with Gasteiger partial charge >= 0.3 is 0 Å². The van der Waals surface area contributed by atoms with Gasteiger partial charge in [-0.15, -0.1) is 0 Å².